The summed E-state index contributed by atoms with van der Waals surface area (Å²) in [5.41, 5.74) is 0.585. The summed E-state index contributed by atoms with van der Waals surface area (Å²) in [5.74, 6) is -0.612. The summed E-state index contributed by atoms with van der Waals surface area (Å²) < 4.78 is 9.49. The molecule has 1 aliphatic rings. The lowest BCUT2D eigenvalue weighted by Gasteiger charge is -2.02. The van der Waals surface area contributed by atoms with Crippen LogP contribution in [0.5, 0.6) is 0 Å². The number of carbonyl (C=O) groups is 2. The number of cyclic esters (lactones) is 1. The van der Waals surface area contributed by atoms with Gasteiger partial charge < -0.3 is 9.47 Å². The maximum atomic E-state index is 11.2. The van der Waals surface area contributed by atoms with E-state index in [1.807, 2.05) is 6.92 Å². The van der Waals surface area contributed by atoms with Gasteiger partial charge in [0.2, 0.25) is 0 Å². The quantitative estimate of drug-likeness (QED) is 0.637. The predicted molar refractivity (Wildman–Crippen MR) is 49.5 cm³/mol. The van der Waals surface area contributed by atoms with Gasteiger partial charge >= 0.3 is 11.9 Å². The molecular formula is C10H14O4. The highest BCUT2D eigenvalue weighted by molar-refractivity contribution is 5.91. The van der Waals surface area contributed by atoms with Crippen molar-refractivity contribution in [1.82, 2.24) is 0 Å². The van der Waals surface area contributed by atoms with E-state index in [0.29, 0.717) is 12.0 Å². The van der Waals surface area contributed by atoms with Gasteiger partial charge in [-0.1, -0.05) is 6.92 Å². The molecule has 0 aromatic heterocycles. The summed E-state index contributed by atoms with van der Waals surface area (Å²) in [6.07, 6.45) is 3.07. The second-order valence-corrected chi connectivity index (χ2v) is 3.12. The van der Waals surface area contributed by atoms with Crippen LogP contribution in [0.25, 0.3) is 0 Å². The fourth-order valence-electron chi connectivity index (χ4n) is 1.27. The topological polar surface area (TPSA) is 52.6 Å². The zero-order chi connectivity index (χ0) is 10.6. The van der Waals surface area contributed by atoms with E-state index in [9.17, 15) is 9.59 Å². The molecule has 0 aliphatic carbocycles. The molecule has 0 saturated carbocycles. The lowest BCUT2D eigenvalue weighted by Crippen LogP contribution is -2.07. The van der Waals surface area contributed by atoms with Gasteiger partial charge in [0.05, 0.1) is 7.11 Å². The third-order valence-electron chi connectivity index (χ3n) is 2.14. The van der Waals surface area contributed by atoms with Crippen LogP contribution in [0.3, 0.4) is 0 Å². The van der Waals surface area contributed by atoms with Gasteiger partial charge in [0.25, 0.3) is 0 Å². The van der Waals surface area contributed by atoms with E-state index in [1.165, 1.54) is 7.11 Å². The number of methoxy groups -OCH3 is 1. The Bertz CT molecular complexity index is 267. The van der Waals surface area contributed by atoms with E-state index in [2.05, 4.69) is 4.74 Å². The van der Waals surface area contributed by atoms with Crippen molar-refractivity contribution in [3.8, 4) is 0 Å². The van der Waals surface area contributed by atoms with Gasteiger partial charge in [-0.05, 0) is 18.9 Å². The molecule has 0 spiro atoms. The van der Waals surface area contributed by atoms with E-state index in [1.54, 1.807) is 6.08 Å². The third-order valence-corrected chi connectivity index (χ3v) is 2.14. The molecule has 1 heterocycles. The van der Waals surface area contributed by atoms with Crippen LogP contribution in [0.15, 0.2) is 11.6 Å². The van der Waals surface area contributed by atoms with Crippen LogP contribution in [0, 0.1) is 0 Å². The molecule has 4 nitrogen and oxygen atoms in total. The number of ether oxygens (including phenoxy) is 2. The molecule has 1 unspecified atom stereocenters. The molecule has 0 aromatic carbocycles. The van der Waals surface area contributed by atoms with E-state index >= 15 is 0 Å². The third kappa shape index (κ3) is 2.58. The van der Waals surface area contributed by atoms with Crippen LogP contribution in [0.4, 0.5) is 0 Å². The van der Waals surface area contributed by atoms with Gasteiger partial charge in [0.15, 0.2) is 0 Å². The molecule has 0 aromatic rings. The number of rotatable bonds is 4. The number of hydrogen-bond donors (Lipinski definition) is 0. The molecule has 0 bridgehead atoms. The molecule has 4 heteroatoms. The van der Waals surface area contributed by atoms with Gasteiger partial charge in [-0.2, -0.15) is 0 Å². The van der Waals surface area contributed by atoms with E-state index < -0.39 is 0 Å². The Hall–Kier alpha value is -1.32. The highest BCUT2D eigenvalue weighted by Crippen LogP contribution is 2.19. The molecule has 0 N–H and O–H groups in total. The van der Waals surface area contributed by atoms with Crippen molar-refractivity contribution in [2.45, 2.75) is 32.3 Å². The highest BCUT2D eigenvalue weighted by Gasteiger charge is 2.24. The zero-order valence-electron chi connectivity index (χ0n) is 8.41. The lowest BCUT2D eigenvalue weighted by atomic mass is 10.1. The first-order chi connectivity index (χ1) is 6.67. The Morgan fingerprint density at radius 1 is 1.64 bits per heavy atom. The fourth-order valence-corrected chi connectivity index (χ4v) is 1.27. The number of hydrogen-bond acceptors (Lipinski definition) is 4. The van der Waals surface area contributed by atoms with Crippen LogP contribution >= 0.6 is 0 Å². The maximum Gasteiger partial charge on any atom is 0.334 e. The van der Waals surface area contributed by atoms with Crippen molar-refractivity contribution in [3.63, 3.8) is 0 Å². The Morgan fingerprint density at radius 2 is 2.36 bits per heavy atom. The van der Waals surface area contributed by atoms with E-state index in [4.69, 9.17) is 4.74 Å². The molecule has 0 amide bonds. The second-order valence-electron chi connectivity index (χ2n) is 3.12. The molecular weight excluding hydrogens is 184 g/mol. The Kier molecular flexibility index (Phi) is 3.68. The summed E-state index contributed by atoms with van der Waals surface area (Å²) >= 11 is 0. The smallest absolute Gasteiger partial charge is 0.334 e. The summed E-state index contributed by atoms with van der Waals surface area (Å²) in [6, 6.07) is 0. The monoisotopic (exact) mass is 198 g/mol. The van der Waals surface area contributed by atoms with E-state index in [-0.39, 0.29) is 24.5 Å². The molecule has 14 heavy (non-hydrogen) atoms. The van der Waals surface area contributed by atoms with Crippen LogP contribution in [-0.2, 0) is 19.1 Å². The Balaban J connectivity index is 2.44. The average molecular weight is 198 g/mol. The van der Waals surface area contributed by atoms with Crippen molar-refractivity contribution in [3.05, 3.63) is 11.6 Å². The van der Waals surface area contributed by atoms with Crippen LogP contribution < -0.4 is 0 Å². The van der Waals surface area contributed by atoms with Gasteiger partial charge in [0.1, 0.15) is 6.10 Å². The molecule has 0 radical (unpaired) electrons. The van der Waals surface area contributed by atoms with Crippen LogP contribution in [0.1, 0.15) is 26.2 Å². The zero-order valence-corrected chi connectivity index (χ0v) is 8.41. The Morgan fingerprint density at radius 3 is 2.86 bits per heavy atom. The van der Waals surface area contributed by atoms with E-state index in [0.717, 1.165) is 6.42 Å². The predicted octanol–water partition coefficient (Wildman–Crippen LogP) is 1.20. The van der Waals surface area contributed by atoms with Crippen molar-refractivity contribution in [2.24, 2.45) is 0 Å². The minimum absolute atomic E-state index is 0.116. The van der Waals surface area contributed by atoms with Gasteiger partial charge in [-0.15, -0.1) is 0 Å². The van der Waals surface area contributed by atoms with Crippen LogP contribution in [0.2, 0.25) is 0 Å². The molecule has 0 fully saturated rings. The minimum atomic E-state index is -0.307. The van der Waals surface area contributed by atoms with Gasteiger partial charge in [-0.25, -0.2) is 4.79 Å². The maximum absolute atomic E-state index is 11.2. The molecule has 78 valence electrons. The fraction of sp³-hybridized carbons (Fsp3) is 0.600. The first-order valence-corrected chi connectivity index (χ1v) is 4.65. The largest absolute Gasteiger partial charge is 0.469 e. The lowest BCUT2D eigenvalue weighted by molar-refractivity contribution is -0.141. The Labute approximate surface area is 82.9 Å². The standard InChI is InChI=1S/C10H14O4/c1-3-8-6-7(10(12)14-8)4-5-9(11)13-2/h6,8H,3-5H2,1-2H3. The van der Waals surface area contributed by atoms with Crippen molar-refractivity contribution < 1.29 is 19.1 Å². The normalized spacial score (nSPS) is 20.3. The highest BCUT2D eigenvalue weighted by atomic mass is 16.5. The van der Waals surface area contributed by atoms with Gasteiger partial charge in [0, 0.05) is 12.0 Å². The average Bonchev–Trinajstić information content (AvgIpc) is 2.55. The summed E-state index contributed by atoms with van der Waals surface area (Å²) in [5, 5.41) is 0. The minimum Gasteiger partial charge on any atom is -0.469 e. The SMILES string of the molecule is CCC1C=C(CCC(=O)OC)C(=O)O1. The van der Waals surface area contributed by atoms with Gasteiger partial charge in [-0.3, -0.25) is 4.79 Å². The van der Waals surface area contributed by atoms with Crippen molar-refractivity contribution in [1.29, 1.82) is 0 Å². The van der Waals surface area contributed by atoms with Crippen molar-refractivity contribution in [2.75, 3.05) is 7.11 Å². The first kappa shape index (κ1) is 10.8. The molecule has 1 atom stereocenters. The summed E-state index contributed by atoms with van der Waals surface area (Å²) in [6.45, 7) is 1.94. The number of carbonyl (C=O) groups excluding carboxylic acids is 2. The molecule has 0 saturated heterocycles. The molecule has 1 aliphatic heterocycles. The van der Waals surface area contributed by atoms with Crippen molar-refractivity contribution >= 4 is 11.9 Å². The van der Waals surface area contributed by atoms with Crippen LogP contribution in [-0.4, -0.2) is 25.2 Å². The number of esters is 2. The summed E-state index contributed by atoms with van der Waals surface area (Å²) in [7, 11) is 1.33. The second kappa shape index (κ2) is 4.79. The first-order valence-electron chi connectivity index (χ1n) is 4.65. The summed E-state index contributed by atoms with van der Waals surface area (Å²) in [4.78, 5) is 22.0. The molecule has 1 rings (SSSR count).